The number of methoxy groups -OCH3 is 2. The number of piperazine rings is 1. The smallest absolute Gasteiger partial charge is 0.127 e. The summed E-state index contributed by atoms with van der Waals surface area (Å²) in [5, 5.41) is 0. The van der Waals surface area contributed by atoms with Crippen molar-refractivity contribution in [2.75, 3.05) is 40.4 Å². The molecule has 2 aromatic carbocycles. The molecule has 134 valence electrons. The predicted octanol–water partition coefficient (Wildman–Crippen LogP) is 0.950. The lowest BCUT2D eigenvalue weighted by Gasteiger charge is -2.30. The number of ether oxygens (including phenoxy) is 2. The second-order valence-corrected chi connectivity index (χ2v) is 7.57. The Kier molecular flexibility index (Phi) is 6.34. The predicted molar refractivity (Wildman–Crippen MR) is 102 cm³/mol. The van der Waals surface area contributed by atoms with Crippen molar-refractivity contribution in [3.8, 4) is 11.5 Å². The maximum Gasteiger partial charge on any atom is 0.127 e. The molecule has 0 spiro atoms. The van der Waals surface area contributed by atoms with Crippen LogP contribution in [0.4, 0.5) is 0 Å². The van der Waals surface area contributed by atoms with E-state index in [4.69, 9.17) is 9.47 Å². The lowest BCUT2D eigenvalue weighted by atomic mass is 10.1. The van der Waals surface area contributed by atoms with Gasteiger partial charge in [-0.05, 0) is 42.5 Å². The first-order chi connectivity index (χ1) is 12.2. The van der Waals surface area contributed by atoms with E-state index in [-0.39, 0.29) is 0 Å². The van der Waals surface area contributed by atoms with Crippen LogP contribution in [0.3, 0.4) is 0 Å². The lowest BCUT2D eigenvalue weighted by Crippen LogP contribution is -3.27. The second-order valence-electron chi connectivity index (χ2n) is 6.66. The number of hydrogen-bond donors (Lipinski definition) is 2. The third-order valence-corrected chi connectivity index (χ3v) is 5.45. The lowest BCUT2D eigenvalue weighted by molar-refractivity contribution is -1.02. The van der Waals surface area contributed by atoms with Gasteiger partial charge in [0.05, 0.1) is 14.2 Å². The first-order valence-electron chi connectivity index (χ1n) is 8.80. The van der Waals surface area contributed by atoms with Crippen LogP contribution in [0.1, 0.15) is 11.1 Å². The summed E-state index contributed by atoms with van der Waals surface area (Å²) in [4.78, 5) is 3.30. The monoisotopic (exact) mass is 406 g/mol. The van der Waals surface area contributed by atoms with Crippen molar-refractivity contribution in [1.82, 2.24) is 0 Å². The fourth-order valence-electron chi connectivity index (χ4n) is 3.50. The molecule has 0 aromatic heterocycles. The molecule has 1 saturated heterocycles. The number of quaternary nitrogens is 2. The molecule has 0 radical (unpaired) electrons. The Hall–Kier alpha value is -1.56. The van der Waals surface area contributed by atoms with Crippen LogP contribution in [0.25, 0.3) is 0 Å². The first-order valence-corrected chi connectivity index (χ1v) is 9.59. The molecule has 0 atom stereocenters. The van der Waals surface area contributed by atoms with Crippen LogP contribution in [0.5, 0.6) is 11.5 Å². The molecular weight excluding hydrogens is 380 g/mol. The van der Waals surface area contributed by atoms with Gasteiger partial charge in [-0.25, -0.2) is 0 Å². The van der Waals surface area contributed by atoms with E-state index in [2.05, 4.69) is 46.3 Å². The molecule has 3 rings (SSSR count). The minimum atomic E-state index is 0.927. The van der Waals surface area contributed by atoms with E-state index < -0.39 is 0 Å². The van der Waals surface area contributed by atoms with Crippen LogP contribution in [0.15, 0.2) is 46.9 Å². The summed E-state index contributed by atoms with van der Waals surface area (Å²) in [5.41, 5.74) is 2.67. The Morgan fingerprint density at radius 2 is 1.48 bits per heavy atom. The number of hydrogen-bond acceptors (Lipinski definition) is 2. The van der Waals surface area contributed by atoms with E-state index in [9.17, 15) is 0 Å². The highest BCUT2D eigenvalue weighted by atomic mass is 79.9. The number of nitrogens with one attached hydrogen (secondary N) is 2. The molecule has 0 bridgehead atoms. The van der Waals surface area contributed by atoms with Crippen molar-refractivity contribution in [3.63, 3.8) is 0 Å². The highest BCUT2D eigenvalue weighted by molar-refractivity contribution is 9.10. The van der Waals surface area contributed by atoms with Crippen molar-refractivity contribution in [3.05, 3.63) is 58.1 Å². The average Bonchev–Trinajstić information content (AvgIpc) is 2.64. The number of halogens is 1. The van der Waals surface area contributed by atoms with Gasteiger partial charge in [0.2, 0.25) is 0 Å². The Balaban J connectivity index is 1.52. The van der Waals surface area contributed by atoms with Crippen molar-refractivity contribution in [2.24, 2.45) is 0 Å². The minimum absolute atomic E-state index is 0.927. The van der Waals surface area contributed by atoms with Crippen molar-refractivity contribution < 1.29 is 19.3 Å². The molecule has 1 fully saturated rings. The van der Waals surface area contributed by atoms with Gasteiger partial charge in [0, 0.05) is 15.6 Å². The molecule has 5 heteroatoms. The summed E-state index contributed by atoms with van der Waals surface area (Å²) >= 11 is 3.57. The summed E-state index contributed by atoms with van der Waals surface area (Å²) in [7, 11) is 3.46. The van der Waals surface area contributed by atoms with Gasteiger partial charge in [-0.2, -0.15) is 0 Å². The minimum Gasteiger partial charge on any atom is -0.497 e. The molecule has 1 aliphatic heterocycles. The van der Waals surface area contributed by atoms with Gasteiger partial charge in [0.25, 0.3) is 0 Å². The van der Waals surface area contributed by atoms with Crippen LogP contribution in [-0.2, 0) is 13.1 Å². The maximum atomic E-state index is 5.51. The van der Waals surface area contributed by atoms with Crippen LogP contribution in [0.2, 0.25) is 0 Å². The van der Waals surface area contributed by atoms with Crippen LogP contribution < -0.4 is 19.3 Å². The van der Waals surface area contributed by atoms with Crippen LogP contribution in [-0.4, -0.2) is 40.4 Å². The molecule has 2 N–H and O–H groups in total. The molecule has 4 nitrogen and oxygen atoms in total. The highest BCUT2D eigenvalue weighted by Gasteiger charge is 2.24. The normalized spacial score (nSPS) is 20.3. The standard InChI is InChI=1S/C20H25BrN2O2/c1-24-19-6-3-16(4-7-19)14-22-9-11-23(12-10-22)15-17-13-18(21)5-8-20(17)25-2/h3-8,13H,9-12,14-15H2,1-2H3/p+2. The van der Waals surface area contributed by atoms with Gasteiger partial charge in [0.1, 0.15) is 50.8 Å². The van der Waals surface area contributed by atoms with Gasteiger partial charge >= 0.3 is 0 Å². The molecule has 2 aromatic rings. The molecule has 0 unspecified atom stereocenters. The highest BCUT2D eigenvalue weighted by Crippen LogP contribution is 2.22. The summed E-state index contributed by atoms with van der Waals surface area (Å²) in [5.74, 6) is 1.92. The zero-order valence-corrected chi connectivity index (χ0v) is 16.6. The van der Waals surface area contributed by atoms with E-state index in [1.807, 2.05) is 12.1 Å². The third kappa shape index (κ3) is 4.97. The number of rotatable bonds is 6. The fraction of sp³-hybridized carbons (Fsp3) is 0.400. The Morgan fingerprint density at radius 1 is 0.840 bits per heavy atom. The largest absolute Gasteiger partial charge is 0.497 e. The molecule has 25 heavy (non-hydrogen) atoms. The van der Waals surface area contributed by atoms with Crippen molar-refractivity contribution in [2.45, 2.75) is 13.1 Å². The zero-order chi connectivity index (χ0) is 17.6. The van der Waals surface area contributed by atoms with Gasteiger partial charge in [-0.15, -0.1) is 0 Å². The van der Waals surface area contributed by atoms with E-state index in [0.29, 0.717) is 0 Å². The maximum absolute atomic E-state index is 5.51. The Labute approximate surface area is 158 Å². The van der Waals surface area contributed by atoms with Crippen LogP contribution in [0, 0.1) is 0 Å². The summed E-state index contributed by atoms with van der Waals surface area (Å²) in [6, 6.07) is 14.7. The molecule has 0 saturated carbocycles. The summed E-state index contributed by atoms with van der Waals surface area (Å²) in [6.07, 6.45) is 0. The van der Waals surface area contributed by atoms with E-state index in [1.165, 1.54) is 37.3 Å². The fourth-order valence-corrected chi connectivity index (χ4v) is 3.91. The third-order valence-electron chi connectivity index (χ3n) is 4.96. The van der Waals surface area contributed by atoms with Gasteiger partial charge < -0.3 is 19.3 Å². The SMILES string of the molecule is COc1ccc(C[NH+]2CC[NH+](Cc3cc(Br)ccc3OC)CC2)cc1. The quantitative estimate of drug-likeness (QED) is 0.747. The van der Waals surface area contributed by atoms with E-state index in [1.54, 1.807) is 24.0 Å². The molecule has 0 amide bonds. The molecule has 1 heterocycles. The topological polar surface area (TPSA) is 27.3 Å². The number of benzene rings is 2. The van der Waals surface area contributed by atoms with E-state index >= 15 is 0 Å². The molecule has 1 aliphatic rings. The van der Waals surface area contributed by atoms with Gasteiger partial charge in [-0.1, -0.05) is 15.9 Å². The second kappa shape index (κ2) is 8.70. The van der Waals surface area contributed by atoms with Crippen molar-refractivity contribution in [1.29, 1.82) is 0 Å². The van der Waals surface area contributed by atoms with Crippen molar-refractivity contribution >= 4 is 15.9 Å². The Morgan fingerprint density at radius 3 is 2.08 bits per heavy atom. The zero-order valence-electron chi connectivity index (χ0n) is 15.0. The summed E-state index contributed by atoms with van der Waals surface area (Å²) in [6.45, 7) is 6.92. The molecular formula is C20H27BrN2O2+2. The van der Waals surface area contributed by atoms with Gasteiger partial charge in [0.15, 0.2) is 0 Å². The van der Waals surface area contributed by atoms with Crippen LogP contribution >= 0.6 is 15.9 Å². The van der Waals surface area contributed by atoms with Gasteiger partial charge in [-0.3, -0.25) is 0 Å². The average molecular weight is 407 g/mol. The molecule has 0 aliphatic carbocycles. The summed E-state index contributed by atoms with van der Waals surface area (Å²) < 4.78 is 11.9. The van der Waals surface area contributed by atoms with E-state index in [0.717, 1.165) is 29.1 Å². The Bertz CT molecular complexity index is 683. The first kappa shape index (κ1) is 18.2.